The van der Waals surface area contributed by atoms with Crippen LogP contribution >= 0.6 is 0 Å². The molecule has 11 heteroatoms. The summed E-state index contributed by atoms with van der Waals surface area (Å²) < 4.78 is 38.9. The molecule has 0 spiro atoms. The average molecular weight is 529 g/mol. The summed E-state index contributed by atoms with van der Waals surface area (Å²) in [4.78, 5) is 49.8. The van der Waals surface area contributed by atoms with Crippen molar-refractivity contribution in [1.82, 2.24) is 15.5 Å². The van der Waals surface area contributed by atoms with Gasteiger partial charge in [-0.05, 0) is 62.6 Å². The van der Waals surface area contributed by atoms with E-state index in [9.17, 15) is 32.3 Å². The number of nitrogens with one attached hydrogen (secondary N) is 3. The van der Waals surface area contributed by atoms with Crippen LogP contribution in [0.25, 0.3) is 0 Å². The van der Waals surface area contributed by atoms with Crippen LogP contribution in [-0.2, 0) is 37.3 Å². The maximum atomic E-state index is 13.0. The number of imide groups is 2. The van der Waals surface area contributed by atoms with Crippen molar-refractivity contribution in [3.63, 3.8) is 0 Å². The van der Waals surface area contributed by atoms with E-state index in [0.717, 1.165) is 28.7 Å². The molecule has 2 aliphatic heterocycles. The lowest BCUT2D eigenvalue weighted by atomic mass is 9.93. The Morgan fingerprint density at radius 1 is 1.00 bits per heavy atom. The van der Waals surface area contributed by atoms with Gasteiger partial charge in [0, 0.05) is 23.7 Å². The first-order chi connectivity index (χ1) is 17.8. The van der Waals surface area contributed by atoms with Crippen LogP contribution in [0.5, 0.6) is 0 Å². The Balaban J connectivity index is 1.39. The molecule has 0 aliphatic carbocycles. The minimum absolute atomic E-state index is 0.00663. The molecule has 1 fully saturated rings. The summed E-state index contributed by atoms with van der Waals surface area (Å²) in [5.74, 6) is -2.43. The Hall–Kier alpha value is -3.99. The number of alkyl halides is 3. The number of hydrogen-bond acceptors (Lipinski definition) is 6. The number of nitrogens with zero attached hydrogens (tertiary/aromatic N) is 1. The van der Waals surface area contributed by atoms with Crippen LogP contribution in [0.2, 0.25) is 0 Å². The van der Waals surface area contributed by atoms with Crippen LogP contribution in [0.15, 0.2) is 60.3 Å². The second-order valence-electron chi connectivity index (χ2n) is 9.74. The Kier molecular flexibility index (Phi) is 7.41. The van der Waals surface area contributed by atoms with E-state index in [-0.39, 0.29) is 18.5 Å². The van der Waals surface area contributed by atoms with E-state index in [4.69, 9.17) is 0 Å². The molecule has 0 saturated carbocycles. The molecule has 1 saturated heterocycles. The molecular formula is C27H27F3N4O4. The van der Waals surface area contributed by atoms with Gasteiger partial charge in [-0.15, -0.1) is 0 Å². The average Bonchev–Trinajstić information content (AvgIpc) is 3.11. The number of piperidine rings is 1. The van der Waals surface area contributed by atoms with Crippen molar-refractivity contribution in [2.24, 2.45) is 0 Å². The SMILES string of the molecule is CC(C)(NCCc1cccc(C(F)(F)F)c1)c1cccc(NC2=CC(=O)N(C3CCC(=O)NC3=O)C2=O)c1. The summed E-state index contributed by atoms with van der Waals surface area (Å²) in [6.07, 6.45) is -2.77. The number of carbonyl (C=O) groups excluding carboxylic acids is 4. The highest BCUT2D eigenvalue weighted by Crippen LogP contribution is 2.30. The molecule has 2 aliphatic rings. The van der Waals surface area contributed by atoms with E-state index in [2.05, 4.69) is 16.0 Å². The van der Waals surface area contributed by atoms with E-state index in [1.807, 2.05) is 19.9 Å². The minimum Gasteiger partial charge on any atom is -0.351 e. The number of amides is 4. The van der Waals surface area contributed by atoms with E-state index in [0.29, 0.717) is 24.2 Å². The third-order valence-electron chi connectivity index (χ3n) is 6.57. The van der Waals surface area contributed by atoms with Gasteiger partial charge in [-0.25, -0.2) is 0 Å². The van der Waals surface area contributed by atoms with Gasteiger partial charge < -0.3 is 10.6 Å². The normalized spacial score (nSPS) is 18.5. The number of benzene rings is 2. The zero-order valence-electron chi connectivity index (χ0n) is 20.8. The predicted octanol–water partition coefficient (Wildman–Crippen LogP) is 3.24. The van der Waals surface area contributed by atoms with E-state index in [1.165, 1.54) is 6.07 Å². The minimum atomic E-state index is -4.39. The molecule has 38 heavy (non-hydrogen) atoms. The van der Waals surface area contributed by atoms with Crippen molar-refractivity contribution >= 4 is 29.3 Å². The molecular weight excluding hydrogens is 501 g/mol. The fourth-order valence-corrected chi connectivity index (χ4v) is 4.46. The van der Waals surface area contributed by atoms with Gasteiger partial charge >= 0.3 is 6.18 Å². The molecule has 1 unspecified atom stereocenters. The lowest BCUT2D eigenvalue weighted by Gasteiger charge is -2.28. The summed E-state index contributed by atoms with van der Waals surface area (Å²) in [5, 5.41) is 8.44. The molecule has 2 aromatic carbocycles. The molecule has 2 heterocycles. The summed E-state index contributed by atoms with van der Waals surface area (Å²) in [7, 11) is 0. The van der Waals surface area contributed by atoms with Crippen LogP contribution in [0.3, 0.4) is 0 Å². The zero-order valence-corrected chi connectivity index (χ0v) is 20.8. The molecule has 4 rings (SSSR count). The molecule has 3 N–H and O–H groups in total. The monoisotopic (exact) mass is 528 g/mol. The Morgan fingerprint density at radius 3 is 2.42 bits per heavy atom. The first-order valence-corrected chi connectivity index (χ1v) is 12.1. The van der Waals surface area contributed by atoms with Crippen LogP contribution in [0.1, 0.15) is 43.4 Å². The van der Waals surface area contributed by atoms with Gasteiger partial charge in [-0.1, -0.05) is 30.3 Å². The maximum absolute atomic E-state index is 13.0. The van der Waals surface area contributed by atoms with Crippen molar-refractivity contribution in [2.75, 3.05) is 11.9 Å². The molecule has 2 aromatic rings. The fourth-order valence-electron chi connectivity index (χ4n) is 4.46. The third kappa shape index (κ3) is 5.94. The second-order valence-corrected chi connectivity index (χ2v) is 9.74. The Bertz CT molecular complexity index is 1320. The molecule has 0 bridgehead atoms. The van der Waals surface area contributed by atoms with E-state index in [1.54, 1.807) is 24.3 Å². The van der Waals surface area contributed by atoms with Crippen molar-refractivity contribution < 1.29 is 32.3 Å². The number of hydrogen-bond donors (Lipinski definition) is 3. The van der Waals surface area contributed by atoms with E-state index < -0.39 is 46.9 Å². The quantitative estimate of drug-likeness (QED) is 0.454. The molecule has 0 aromatic heterocycles. The van der Waals surface area contributed by atoms with Crippen molar-refractivity contribution in [3.8, 4) is 0 Å². The Morgan fingerprint density at radius 2 is 1.71 bits per heavy atom. The van der Waals surface area contributed by atoms with Crippen LogP contribution in [0, 0.1) is 0 Å². The summed E-state index contributed by atoms with van der Waals surface area (Å²) in [6, 6.07) is 11.3. The molecule has 8 nitrogen and oxygen atoms in total. The van der Waals surface area contributed by atoms with Gasteiger partial charge in [0.25, 0.3) is 11.8 Å². The van der Waals surface area contributed by atoms with Crippen molar-refractivity contribution in [1.29, 1.82) is 0 Å². The van der Waals surface area contributed by atoms with Crippen LogP contribution in [0.4, 0.5) is 18.9 Å². The smallest absolute Gasteiger partial charge is 0.351 e. The number of anilines is 1. The maximum Gasteiger partial charge on any atom is 0.416 e. The lowest BCUT2D eigenvalue weighted by Crippen LogP contribution is -2.54. The molecule has 0 radical (unpaired) electrons. The standard InChI is InChI=1S/C27H27F3N4O4/c1-26(2,31-12-11-16-5-3-7-18(13-16)27(28,29)30)17-6-4-8-19(14-17)32-20-15-23(36)34(25(20)38)21-9-10-22(35)33-24(21)37/h3-8,13-15,21,31-32H,9-12H2,1-2H3,(H,33,35,37). The number of rotatable bonds is 8. The first kappa shape index (κ1) is 27.1. The fraction of sp³-hybridized carbons (Fsp3) is 0.333. The van der Waals surface area contributed by atoms with Crippen LogP contribution < -0.4 is 16.0 Å². The highest BCUT2D eigenvalue weighted by Gasteiger charge is 2.42. The summed E-state index contributed by atoms with van der Waals surface area (Å²) >= 11 is 0. The largest absolute Gasteiger partial charge is 0.416 e. The van der Waals surface area contributed by atoms with Gasteiger partial charge in [-0.3, -0.25) is 29.4 Å². The second kappa shape index (κ2) is 10.4. The highest BCUT2D eigenvalue weighted by atomic mass is 19.4. The lowest BCUT2D eigenvalue weighted by molar-refractivity contribution is -0.149. The van der Waals surface area contributed by atoms with Gasteiger partial charge in [-0.2, -0.15) is 13.2 Å². The number of carbonyl (C=O) groups is 4. The Labute approximate surface area is 217 Å². The van der Waals surface area contributed by atoms with Crippen LogP contribution in [-0.4, -0.2) is 41.1 Å². The van der Waals surface area contributed by atoms with E-state index >= 15 is 0 Å². The van der Waals surface area contributed by atoms with Crippen molar-refractivity contribution in [3.05, 3.63) is 77.0 Å². The van der Waals surface area contributed by atoms with Gasteiger partial charge in [0.1, 0.15) is 11.7 Å². The first-order valence-electron chi connectivity index (χ1n) is 12.1. The zero-order chi connectivity index (χ0) is 27.7. The molecule has 1 atom stereocenters. The van der Waals surface area contributed by atoms with Gasteiger partial charge in [0.05, 0.1) is 5.56 Å². The molecule has 200 valence electrons. The topological polar surface area (TPSA) is 108 Å². The number of halogens is 3. The third-order valence-corrected chi connectivity index (χ3v) is 6.57. The van der Waals surface area contributed by atoms with Crippen molar-refractivity contribution in [2.45, 2.75) is 50.9 Å². The highest BCUT2D eigenvalue weighted by molar-refractivity contribution is 6.20. The summed E-state index contributed by atoms with van der Waals surface area (Å²) in [6.45, 7) is 4.27. The van der Waals surface area contributed by atoms with Gasteiger partial charge in [0.15, 0.2) is 0 Å². The molecule has 4 amide bonds. The predicted molar refractivity (Wildman–Crippen MR) is 132 cm³/mol. The summed E-state index contributed by atoms with van der Waals surface area (Å²) in [5.41, 5.74) is 0.696. The van der Waals surface area contributed by atoms with Gasteiger partial charge in [0.2, 0.25) is 11.8 Å².